The Hall–Kier alpha value is -1.44. The minimum atomic E-state index is -0.278. The van der Waals surface area contributed by atoms with E-state index < -0.39 is 0 Å². The van der Waals surface area contributed by atoms with E-state index in [2.05, 4.69) is 26.1 Å². The lowest BCUT2D eigenvalue weighted by Crippen LogP contribution is -2.22. The molecule has 0 radical (unpaired) electrons. The number of rotatable bonds is 2. The molecule has 7 heteroatoms. The fraction of sp³-hybridized carbons (Fsp3) is 0.333. The lowest BCUT2D eigenvalue weighted by atomic mass is 10.2. The maximum atomic E-state index is 5.97. The number of aromatic nitrogens is 2. The minimum absolute atomic E-state index is 0.278. The molecule has 2 aromatic rings. The van der Waals surface area contributed by atoms with Gasteiger partial charge in [0, 0.05) is 4.47 Å². The first-order valence-electron chi connectivity index (χ1n) is 5.83. The van der Waals surface area contributed by atoms with E-state index in [1.54, 1.807) is 0 Å². The number of halogens is 1. The quantitative estimate of drug-likeness (QED) is 0.852. The van der Waals surface area contributed by atoms with Crippen LogP contribution in [0.3, 0.4) is 0 Å². The monoisotopic (exact) mass is 325 g/mol. The van der Waals surface area contributed by atoms with Gasteiger partial charge in [-0.05, 0) is 28.1 Å². The molecule has 1 saturated heterocycles. The minimum Gasteiger partial charge on any atom is -0.397 e. The van der Waals surface area contributed by atoms with Gasteiger partial charge >= 0.3 is 0 Å². The Morgan fingerprint density at radius 2 is 2.21 bits per heavy atom. The Morgan fingerprint density at radius 1 is 1.32 bits per heavy atom. The number of nitrogens with two attached hydrogens (primary N) is 1. The normalized spacial score (nSPS) is 19.5. The van der Waals surface area contributed by atoms with E-state index in [-0.39, 0.29) is 6.10 Å². The zero-order chi connectivity index (χ0) is 13.2. The first kappa shape index (κ1) is 12.6. The van der Waals surface area contributed by atoms with E-state index in [1.165, 1.54) is 0 Å². The zero-order valence-electron chi connectivity index (χ0n) is 10.0. The highest BCUT2D eigenvalue weighted by Crippen LogP contribution is 2.31. The molecule has 1 atom stereocenters. The summed E-state index contributed by atoms with van der Waals surface area (Å²) in [6.07, 6.45) is -0.278. The van der Waals surface area contributed by atoms with Crippen LogP contribution in [0.1, 0.15) is 11.9 Å². The van der Waals surface area contributed by atoms with Crippen LogP contribution in [0.4, 0.5) is 5.69 Å². The number of para-hydroxylation sites is 1. The predicted octanol–water partition coefficient (Wildman–Crippen LogP) is 2.17. The van der Waals surface area contributed by atoms with Crippen LogP contribution in [0.2, 0.25) is 0 Å². The maximum absolute atomic E-state index is 5.97. The Labute approximate surface area is 118 Å². The molecular weight excluding hydrogens is 314 g/mol. The second-order valence-electron chi connectivity index (χ2n) is 4.09. The number of nitrogen functional groups attached to an aromatic ring is 1. The van der Waals surface area contributed by atoms with Gasteiger partial charge < -0.3 is 19.7 Å². The lowest BCUT2D eigenvalue weighted by molar-refractivity contribution is -0.0941. The molecular formula is C12H12BrN3O3. The summed E-state index contributed by atoms with van der Waals surface area (Å²) in [6.45, 7) is 1.57. The van der Waals surface area contributed by atoms with Gasteiger partial charge in [-0.2, -0.15) is 4.98 Å². The summed E-state index contributed by atoms with van der Waals surface area (Å²) in [5.41, 5.74) is 7.24. The van der Waals surface area contributed by atoms with Crippen molar-refractivity contribution in [3.05, 3.63) is 28.5 Å². The highest BCUT2D eigenvalue weighted by Gasteiger charge is 2.23. The first-order valence-corrected chi connectivity index (χ1v) is 6.62. The summed E-state index contributed by atoms with van der Waals surface area (Å²) in [5, 5.41) is 3.93. The van der Waals surface area contributed by atoms with Gasteiger partial charge in [0.15, 0.2) is 0 Å². The molecule has 1 aliphatic rings. The van der Waals surface area contributed by atoms with Crippen LogP contribution in [-0.4, -0.2) is 30.0 Å². The molecule has 1 aromatic carbocycles. The average Bonchev–Trinajstić information content (AvgIpc) is 2.92. The van der Waals surface area contributed by atoms with Crippen LogP contribution in [-0.2, 0) is 9.47 Å². The van der Waals surface area contributed by atoms with Crippen LogP contribution in [0.15, 0.2) is 27.2 Å². The molecule has 2 heterocycles. The molecule has 0 spiro atoms. The van der Waals surface area contributed by atoms with Gasteiger partial charge in [0.05, 0.1) is 31.1 Å². The van der Waals surface area contributed by atoms with E-state index in [0.717, 1.165) is 4.47 Å². The molecule has 1 fully saturated rings. The SMILES string of the molecule is Nc1c(Br)cccc1-c1nc(C2COCCO2)no1. The molecule has 0 aliphatic carbocycles. The van der Waals surface area contributed by atoms with Gasteiger partial charge in [0.2, 0.25) is 5.82 Å². The van der Waals surface area contributed by atoms with Crippen molar-refractivity contribution in [3.8, 4) is 11.5 Å². The largest absolute Gasteiger partial charge is 0.397 e. The van der Waals surface area contributed by atoms with Gasteiger partial charge in [-0.3, -0.25) is 0 Å². The van der Waals surface area contributed by atoms with Crippen molar-refractivity contribution in [1.29, 1.82) is 0 Å². The molecule has 6 nitrogen and oxygen atoms in total. The van der Waals surface area contributed by atoms with Gasteiger partial charge in [-0.15, -0.1) is 0 Å². The third-order valence-corrected chi connectivity index (χ3v) is 3.52. The van der Waals surface area contributed by atoms with Crippen LogP contribution < -0.4 is 5.73 Å². The zero-order valence-corrected chi connectivity index (χ0v) is 11.6. The molecule has 0 bridgehead atoms. The summed E-state index contributed by atoms with van der Waals surface area (Å²) in [5.74, 6) is 0.858. The van der Waals surface area contributed by atoms with Crippen LogP contribution >= 0.6 is 15.9 Å². The Balaban J connectivity index is 1.90. The van der Waals surface area contributed by atoms with Gasteiger partial charge in [0.25, 0.3) is 5.89 Å². The molecule has 1 aliphatic heterocycles. The Kier molecular flexibility index (Phi) is 3.50. The number of nitrogens with zero attached hydrogens (tertiary/aromatic N) is 2. The van der Waals surface area contributed by atoms with Crippen molar-refractivity contribution in [2.45, 2.75) is 6.10 Å². The third-order valence-electron chi connectivity index (χ3n) is 2.83. The lowest BCUT2D eigenvalue weighted by Gasteiger charge is -2.19. The summed E-state index contributed by atoms with van der Waals surface area (Å²) in [6, 6.07) is 5.55. The predicted molar refractivity (Wildman–Crippen MR) is 71.4 cm³/mol. The number of benzene rings is 1. The van der Waals surface area contributed by atoms with E-state index in [9.17, 15) is 0 Å². The van der Waals surface area contributed by atoms with Gasteiger partial charge in [0.1, 0.15) is 6.10 Å². The maximum Gasteiger partial charge on any atom is 0.260 e. The second kappa shape index (κ2) is 5.28. The van der Waals surface area contributed by atoms with E-state index >= 15 is 0 Å². The summed E-state index contributed by atoms with van der Waals surface area (Å²) >= 11 is 3.37. The molecule has 19 heavy (non-hydrogen) atoms. The van der Waals surface area contributed by atoms with Crippen molar-refractivity contribution >= 4 is 21.6 Å². The smallest absolute Gasteiger partial charge is 0.260 e. The summed E-state index contributed by atoms with van der Waals surface area (Å²) in [4.78, 5) is 4.32. The molecule has 0 amide bonds. The number of ether oxygens (including phenoxy) is 2. The number of anilines is 1. The summed E-state index contributed by atoms with van der Waals surface area (Å²) < 4.78 is 16.9. The van der Waals surface area contributed by atoms with E-state index in [0.29, 0.717) is 42.8 Å². The van der Waals surface area contributed by atoms with E-state index in [1.807, 2.05) is 18.2 Å². The molecule has 2 N–H and O–H groups in total. The van der Waals surface area contributed by atoms with Crippen LogP contribution in [0.25, 0.3) is 11.5 Å². The van der Waals surface area contributed by atoms with Crippen molar-refractivity contribution in [3.63, 3.8) is 0 Å². The topological polar surface area (TPSA) is 83.4 Å². The van der Waals surface area contributed by atoms with Gasteiger partial charge in [-0.1, -0.05) is 11.2 Å². The second-order valence-corrected chi connectivity index (χ2v) is 4.95. The van der Waals surface area contributed by atoms with Crippen molar-refractivity contribution in [1.82, 2.24) is 10.1 Å². The van der Waals surface area contributed by atoms with Gasteiger partial charge in [-0.25, -0.2) is 0 Å². The van der Waals surface area contributed by atoms with Crippen LogP contribution in [0.5, 0.6) is 0 Å². The molecule has 100 valence electrons. The standard InChI is InChI=1S/C12H12BrN3O3/c13-8-3-1-2-7(10(8)14)12-15-11(16-19-12)9-6-17-4-5-18-9/h1-3,9H,4-6,14H2. The first-order chi connectivity index (χ1) is 9.25. The average molecular weight is 326 g/mol. The van der Waals surface area contributed by atoms with Crippen molar-refractivity contribution in [2.24, 2.45) is 0 Å². The number of hydrogen-bond acceptors (Lipinski definition) is 6. The fourth-order valence-corrected chi connectivity index (χ4v) is 2.20. The molecule has 3 rings (SSSR count). The molecule has 1 aromatic heterocycles. The highest BCUT2D eigenvalue weighted by atomic mass is 79.9. The third kappa shape index (κ3) is 2.49. The van der Waals surface area contributed by atoms with E-state index in [4.69, 9.17) is 19.7 Å². The Bertz CT molecular complexity index is 581. The molecule has 1 unspecified atom stereocenters. The fourth-order valence-electron chi connectivity index (χ4n) is 1.84. The van der Waals surface area contributed by atoms with Crippen LogP contribution in [0, 0.1) is 0 Å². The number of hydrogen-bond donors (Lipinski definition) is 1. The van der Waals surface area contributed by atoms with Crippen molar-refractivity contribution in [2.75, 3.05) is 25.6 Å². The molecule has 0 saturated carbocycles. The van der Waals surface area contributed by atoms with Crippen molar-refractivity contribution < 1.29 is 14.0 Å². The highest BCUT2D eigenvalue weighted by molar-refractivity contribution is 9.10. The Morgan fingerprint density at radius 3 is 3.00 bits per heavy atom. The summed E-state index contributed by atoms with van der Waals surface area (Å²) in [7, 11) is 0.